The van der Waals surface area contributed by atoms with Crippen molar-refractivity contribution < 1.29 is 4.79 Å². The molecule has 0 unspecified atom stereocenters. The fraction of sp³-hybridized carbons (Fsp3) is 0. The Morgan fingerprint density at radius 1 is 0.611 bits per heavy atom. The van der Waals surface area contributed by atoms with Gasteiger partial charge in [-0.3, -0.25) is 4.79 Å². The fourth-order valence-electron chi connectivity index (χ4n) is 1.23. The van der Waals surface area contributed by atoms with E-state index in [1.807, 2.05) is 60.7 Å². The molecule has 1 rings (SSSR count). The van der Waals surface area contributed by atoms with Crippen molar-refractivity contribution in [3.8, 4) is 0 Å². The molecule has 0 N–H and O–H groups in total. The molecule has 18 heavy (non-hydrogen) atoms. The monoisotopic (exact) mass is 236 g/mol. The molecule has 90 valence electrons. The SMILES string of the molecule is O=CC=CC=CC=CC=CC=Cc1ccccc1. The first-order valence-electron chi connectivity index (χ1n) is 5.77. The third-order valence-electron chi connectivity index (χ3n) is 2.06. The van der Waals surface area contributed by atoms with Crippen LogP contribution in [-0.4, -0.2) is 6.29 Å². The minimum absolute atomic E-state index is 0.752. The van der Waals surface area contributed by atoms with Crippen LogP contribution in [-0.2, 0) is 4.79 Å². The highest BCUT2D eigenvalue weighted by Gasteiger charge is 1.78. The van der Waals surface area contributed by atoms with E-state index in [1.165, 1.54) is 11.6 Å². The number of rotatable bonds is 6. The molecule has 1 aromatic rings. The standard InChI is InChI=1S/C17H16O/c18-16-12-7-5-3-1-2-4-6-9-13-17-14-10-8-11-15-17/h1-16H. The van der Waals surface area contributed by atoms with Crippen molar-refractivity contribution in [3.05, 3.63) is 90.6 Å². The van der Waals surface area contributed by atoms with Crippen molar-refractivity contribution in [1.82, 2.24) is 0 Å². The van der Waals surface area contributed by atoms with Crippen molar-refractivity contribution in [2.45, 2.75) is 0 Å². The van der Waals surface area contributed by atoms with Gasteiger partial charge in [0.25, 0.3) is 0 Å². The Bertz CT molecular complexity index is 474. The van der Waals surface area contributed by atoms with Gasteiger partial charge in [0.15, 0.2) is 0 Å². The van der Waals surface area contributed by atoms with Crippen LogP contribution >= 0.6 is 0 Å². The molecule has 0 aromatic heterocycles. The van der Waals surface area contributed by atoms with Gasteiger partial charge in [-0.25, -0.2) is 0 Å². The smallest absolute Gasteiger partial charge is 0.142 e. The molecule has 0 bridgehead atoms. The molecule has 0 saturated carbocycles. The van der Waals surface area contributed by atoms with Crippen molar-refractivity contribution in [2.24, 2.45) is 0 Å². The molecule has 0 spiro atoms. The number of hydrogen-bond acceptors (Lipinski definition) is 1. The minimum Gasteiger partial charge on any atom is -0.299 e. The summed E-state index contributed by atoms with van der Waals surface area (Å²) in [6.07, 6.45) is 19.4. The molecule has 0 heterocycles. The van der Waals surface area contributed by atoms with Crippen molar-refractivity contribution in [1.29, 1.82) is 0 Å². The number of hydrogen-bond donors (Lipinski definition) is 0. The second-order valence-electron chi connectivity index (χ2n) is 3.45. The summed E-state index contributed by atoms with van der Waals surface area (Å²) in [4.78, 5) is 9.97. The molecule has 0 aliphatic heterocycles. The Kier molecular flexibility index (Phi) is 7.43. The molecule has 0 atom stereocenters. The predicted molar refractivity (Wildman–Crippen MR) is 78.1 cm³/mol. The lowest BCUT2D eigenvalue weighted by Gasteiger charge is -1.87. The Hall–Kier alpha value is -2.41. The Morgan fingerprint density at radius 3 is 1.67 bits per heavy atom. The zero-order chi connectivity index (χ0) is 12.9. The molecular weight excluding hydrogens is 220 g/mol. The molecule has 0 fully saturated rings. The third kappa shape index (κ3) is 6.96. The van der Waals surface area contributed by atoms with E-state index in [0.717, 1.165) is 6.29 Å². The van der Waals surface area contributed by atoms with E-state index in [0.29, 0.717) is 0 Å². The maximum atomic E-state index is 9.97. The normalized spacial score (nSPS) is 12.7. The number of aldehydes is 1. The molecule has 0 aliphatic rings. The average Bonchev–Trinajstić information content (AvgIpc) is 2.42. The first kappa shape index (κ1) is 13.7. The number of carbonyl (C=O) groups excluding carboxylic acids is 1. The highest BCUT2D eigenvalue weighted by Crippen LogP contribution is 2.00. The lowest BCUT2D eigenvalue weighted by Crippen LogP contribution is -1.66. The molecule has 1 nitrogen and oxygen atoms in total. The summed E-state index contributed by atoms with van der Waals surface area (Å²) in [5, 5.41) is 0. The first-order valence-corrected chi connectivity index (χ1v) is 5.77. The van der Waals surface area contributed by atoms with E-state index >= 15 is 0 Å². The number of carbonyl (C=O) groups is 1. The molecular formula is C17H16O. The van der Waals surface area contributed by atoms with Gasteiger partial charge in [-0.15, -0.1) is 0 Å². The zero-order valence-corrected chi connectivity index (χ0v) is 10.1. The van der Waals surface area contributed by atoms with Gasteiger partial charge in [0.1, 0.15) is 6.29 Å². The van der Waals surface area contributed by atoms with E-state index in [-0.39, 0.29) is 0 Å². The summed E-state index contributed by atoms with van der Waals surface area (Å²) < 4.78 is 0. The Morgan fingerprint density at radius 2 is 1.11 bits per heavy atom. The van der Waals surface area contributed by atoms with Crippen molar-refractivity contribution >= 4 is 12.4 Å². The van der Waals surface area contributed by atoms with Crippen molar-refractivity contribution in [3.63, 3.8) is 0 Å². The van der Waals surface area contributed by atoms with Crippen LogP contribution in [0.25, 0.3) is 6.08 Å². The van der Waals surface area contributed by atoms with Gasteiger partial charge in [-0.2, -0.15) is 0 Å². The highest BCUT2D eigenvalue weighted by molar-refractivity contribution is 5.65. The van der Waals surface area contributed by atoms with E-state index < -0.39 is 0 Å². The largest absolute Gasteiger partial charge is 0.299 e. The topological polar surface area (TPSA) is 17.1 Å². The Labute approximate surface area is 108 Å². The lowest BCUT2D eigenvalue weighted by atomic mass is 10.2. The summed E-state index contributed by atoms with van der Waals surface area (Å²) in [5.41, 5.74) is 1.19. The van der Waals surface area contributed by atoms with Gasteiger partial charge >= 0.3 is 0 Å². The van der Waals surface area contributed by atoms with Crippen LogP contribution in [0.3, 0.4) is 0 Å². The molecule has 1 heteroatoms. The molecule has 0 amide bonds. The van der Waals surface area contributed by atoms with E-state index in [1.54, 1.807) is 12.2 Å². The maximum absolute atomic E-state index is 9.97. The average molecular weight is 236 g/mol. The summed E-state index contributed by atoms with van der Waals surface area (Å²) in [5.74, 6) is 0. The van der Waals surface area contributed by atoms with E-state index in [2.05, 4.69) is 12.1 Å². The second-order valence-corrected chi connectivity index (χ2v) is 3.45. The summed E-state index contributed by atoms with van der Waals surface area (Å²) in [6.45, 7) is 0. The lowest BCUT2D eigenvalue weighted by molar-refractivity contribution is -0.104. The Balaban J connectivity index is 2.31. The quantitative estimate of drug-likeness (QED) is 0.412. The van der Waals surface area contributed by atoms with Gasteiger partial charge in [-0.1, -0.05) is 85.0 Å². The van der Waals surface area contributed by atoms with Crippen LogP contribution < -0.4 is 0 Å². The minimum atomic E-state index is 0.752. The molecule has 1 aromatic carbocycles. The number of benzene rings is 1. The molecule has 0 radical (unpaired) electrons. The van der Waals surface area contributed by atoms with Gasteiger partial charge in [0.2, 0.25) is 0 Å². The van der Waals surface area contributed by atoms with Crippen LogP contribution in [0.4, 0.5) is 0 Å². The van der Waals surface area contributed by atoms with Crippen LogP contribution in [0.1, 0.15) is 5.56 Å². The maximum Gasteiger partial charge on any atom is 0.142 e. The van der Waals surface area contributed by atoms with E-state index in [4.69, 9.17) is 0 Å². The van der Waals surface area contributed by atoms with Crippen molar-refractivity contribution in [2.75, 3.05) is 0 Å². The van der Waals surface area contributed by atoms with Gasteiger partial charge in [0.05, 0.1) is 0 Å². The van der Waals surface area contributed by atoms with Crippen LogP contribution in [0.15, 0.2) is 85.0 Å². The van der Waals surface area contributed by atoms with Gasteiger partial charge in [0, 0.05) is 0 Å². The van der Waals surface area contributed by atoms with Crippen LogP contribution in [0, 0.1) is 0 Å². The summed E-state index contributed by atoms with van der Waals surface area (Å²) in [7, 11) is 0. The van der Waals surface area contributed by atoms with E-state index in [9.17, 15) is 4.79 Å². The summed E-state index contributed by atoms with van der Waals surface area (Å²) in [6, 6.07) is 10.1. The molecule has 0 aliphatic carbocycles. The number of allylic oxidation sites excluding steroid dienone is 9. The predicted octanol–water partition coefficient (Wildman–Crippen LogP) is 4.12. The van der Waals surface area contributed by atoms with Crippen LogP contribution in [0.2, 0.25) is 0 Å². The first-order chi connectivity index (χ1) is 8.93. The summed E-state index contributed by atoms with van der Waals surface area (Å²) >= 11 is 0. The fourth-order valence-corrected chi connectivity index (χ4v) is 1.23. The second kappa shape index (κ2) is 9.79. The molecule has 0 saturated heterocycles. The van der Waals surface area contributed by atoms with Gasteiger partial charge in [-0.05, 0) is 11.6 Å². The van der Waals surface area contributed by atoms with Crippen LogP contribution in [0.5, 0.6) is 0 Å². The van der Waals surface area contributed by atoms with Gasteiger partial charge < -0.3 is 0 Å². The zero-order valence-electron chi connectivity index (χ0n) is 10.1. The third-order valence-corrected chi connectivity index (χ3v) is 2.06. The highest BCUT2D eigenvalue weighted by atomic mass is 16.1.